The summed E-state index contributed by atoms with van der Waals surface area (Å²) in [5.74, 6) is 0.936. The number of fused-ring (bicyclic) bond motifs is 1. The number of nitrogens with one attached hydrogen (secondary N) is 1. The van der Waals surface area contributed by atoms with Crippen LogP contribution in [0.25, 0.3) is 11.3 Å². The summed E-state index contributed by atoms with van der Waals surface area (Å²) in [5, 5.41) is 22.1. The highest BCUT2D eigenvalue weighted by Gasteiger charge is 2.40. The van der Waals surface area contributed by atoms with Crippen LogP contribution in [-0.2, 0) is 0 Å². The zero-order valence-electron chi connectivity index (χ0n) is 22.4. The first-order valence-corrected chi connectivity index (χ1v) is 13.5. The summed E-state index contributed by atoms with van der Waals surface area (Å²) < 4.78 is 3.34. The number of carboxylic acid groups (broad SMARTS) is 1. The Labute approximate surface area is 226 Å². The van der Waals surface area contributed by atoms with Crippen LogP contribution in [0.3, 0.4) is 0 Å². The topological polar surface area (TPSA) is 118 Å². The molecule has 1 aromatic carbocycles. The first kappa shape index (κ1) is 25.1. The monoisotopic (exact) mass is 527 g/mol. The zero-order valence-corrected chi connectivity index (χ0v) is 22.4. The third-order valence-electron chi connectivity index (χ3n) is 7.95. The van der Waals surface area contributed by atoms with Gasteiger partial charge in [-0.15, -0.1) is 0 Å². The van der Waals surface area contributed by atoms with Gasteiger partial charge in [-0.25, -0.2) is 19.0 Å². The second kappa shape index (κ2) is 9.52. The van der Waals surface area contributed by atoms with Gasteiger partial charge in [-0.05, 0) is 60.8 Å². The predicted molar refractivity (Wildman–Crippen MR) is 146 cm³/mol. The Balaban J connectivity index is 1.34. The number of carbonyl (C=O) groups excluding carboxylic acids is 1. The number of carbonyl (C=O) groups is 2. The molecule has 0 spiro atoms. The summed E-state index contributed by atoms with van der Waals surface area (Å²) in [7, 11) is 0. The molecule has 0 bridgehead atoms. The lowest BCUT2D eigenvalue weighted by Gasteiger charge is -2.44. The first-order valence-electron chi connectivity index (χ1n) is 13.5. The molecule has 1 saturated carbocycles. The number of aromatic nitrogens is 5. The first-order chi connectivity index (χ1) is 18.7. The molecule has 1 saturated heterocycles. The molecular weight excluding hydrogens is 494 g/mol. The fourth-order valence-corrected chi connectivity index (χ4v) is 5.64. The summed E-state index contributed by atoms with van der Waals surface area (Å²) in [4.78, 5) is 31.2. The third kappa shape index (κ3) is 4.86. The van der Waals surface area contributed by atoms with Crippen LogP contribution < -0.4 is 5.32 Å². The fourth-order valence-electron chi connectivity index (χ4n) is 5.64. The van der Waals surface area contributed by atoms with Crippen LogP contribution >= 0.6 is 0 Å². The number of likely N-dealkylation sites (tertiary alicyclic amines) is 1. The summed E-state index contributed by atoms with van der Waals surface area (Å²) in [6.07, 6.45) is 7.80. The van der Waals surface area contributed by atoms with Gasteiger partial charge in [0.1, 0.15) is 11.4 Å². The van der Waals surface area contributed by atoms with Crippen LogP contribution in [0.15, 0.2) is 55.0 Å². The minimum atomic E-state index is -0.885. The van der Waals surface area contributed by atoms with Gasteiger partial charge in [0.15, 0.2) is 5.65 Å². The Bertz CT molecular complexity index is 1530. The fraction of sp³-hybridized carbons (Fsp3) is 0.414. The average molecular weight is 528 g/mol. The number of rotatable bonds is 5. The minimum absolute atomic E-state index is 0.0612. The Morgan fingerprint density at radius 3 is 2.54 bits per heavy atom. The Kier molecular flexibility index (Phi) is 6.12. The molecule has 3 aromatic heterocycles. The second-order valence-corrected chi connectivity index (χ2v) is 11.7. The molecule has 1 aliphatic heterocycles. The molecule has 1 aliphatic carbocycles. The predicted octanol–water partition coefficient (Wildman–Crippen LogP) is 5.32. The van der Waals surface area contributed by atoms with Gasteiger partial charge in [-0.2, -0.15) is 10.2 Å². The number of nitrogens with zero attached hydrogens (tertiary/aromatic N) is 6. The van der Waals surface area contributed by atoms with E-state index in [1.807, 2.05) is 18.2 Å². The molecule has 2 N–H and O–H groups in total. The zero-order chi connectivity index (χ0) is 27.3. The minimum Gasteiger partial charge on any atom is -0.465 e. The van der Waals surface area contributed by atoms with Gasteiger partial charge >= 0.3 is 6.09 Å². The van der Waals surface area contributed by atoms with Crippen molar-refractivity contribution in [3.63, 3.8) is 0 Å². The maximum absolute atomic E-state index is 13.4. The van der Waals surface area contributed by atoms with E-state index < -0.39 is 6.09 Å². The highest BCUT2D eigenvalue weighted by Crippen LogP contribution is 2.41. The molecule has 0 radical (unpaired) electrons. The molecule has 2 aliphatic rings. The molecule has 2 fully saturated rings. The van der Waals surface area contributed by atoms with E-state index in [1.54, 1.807) is 32.6 Å². The third-order valence-corrected chi connectivity index (χ3v) is 7.95. The molecule has 10 nitrogen and oxygen atoms in total. The van der Waals surface area contributed by atoms with Crippen molar-refractivity contribution in [1.29, 1.82) is 0 Å². The van der Waals surface area contributed by atoms with E-state index in [0.717, 1.165) is 11.4 Å². The molecule has 4 aromatic rings. The van der Waals surface area contributed by atoms with Crippen LogP contribution in [0, 0.1) is 5.41 Å². The van der Waals surface area contributed by atoms with E-state index in [2.05, 4.69) is 48.3 Å². The van der Waals surface area contributed by atoms with Gasteiger partial charge in [0.2, 0.25) is 0 Å². The molecule has 39 heavy (non-hydrogen) atoms. The van der Waals surface area contributed by atoms with E-state index in [9.17, 15) is 14.7 Å². The maximum Gasteiger partial charge on any atom is 0.407 e. The lowest BCUT2D eigenvalue weighted by molar-refractivity contribution is 0.0520. The van der Waals surface area contributed by atoms with Gasteiger partial charge in [-0.3, -0.25) is 4.79 Å². The van der Waals surface area contributed by atoms with E-state index in [0.29, 0.717) is 42.3 Å². The Hall–Kier alpha value is -4.21. The van der Waals surface area contributed by atoms with Crippen molar-refractivity contribution in [2.24, 2.45) is 5.41 Å². The van der Waals surface area contributed by atoms with Crippen molar-refractivity contribution >= 4 is 23.5 Å². The van der Waals surface area contributed by atoms with Crippen molar-refractivity contribution < 1.29 is 14.7 Å². The lowest BCUT2D eigenvalue weighted by atomic mass is 9.76. The van der Waals surface area contributed by atoms with Crippen LogP contribution in [0.1, 0.15) is 79.9 Å². The summed E-state index contributed by atoms with van der Waals surface area (Å²) >= 11 is 0. The lowest BCUT2D eigenvalue weighted by Crippen LogP contribution is -2.51. The highest BCUT2D eigenvalue weighted by molar-refractivity contribution is 6.07. The van der Waals surface area contributed by atoms with Crippen molar-refractivity contribution in [2.75, 3.05) is 11.9 Å². The van der Waals surface area contributed by atoms with Gasteiger partial charge in [0.05, 0.1) is 17.6 Å². The molecule has 202 valence electrons. The molecular formula is C29H33N7O3. The quantitative estimate of drug-likeness (QED) is 0.363. The van der Waals surface area contributed by atoms with E-state index in [1.165, 1.54) is 24.6 Å². The van der Waals surface area contributed by atoms with Gasteiger partial charge in [-0.1, -0.05) is 32.9 Å². The van der Waals surface area contributed by atoms with Crippen LogP contribution in [0.4, 0.5) is 10.6 Å². The van der Waals surface area contributed by atoms with Gasteiger partial charge in [0.25, 0.3) is 5.91 Å². The van der Waals surface area contributed by atoms with Crippen molar-refractivity contribution in [2.45, 2.75) is 64.3 Å². The Morgan fingerprint density at radius 1 is 1.08 bits per heavy atom. The Morgan fingerprint density at radius 2 is 1.85 bits per heavy atom. The van der Waals surface area contributed by atoms with Gasteiger partial charge < -0.3 is 15.3 Å². The summed E-state index contributed by atoms with van der Waals surface area (Å²) in [6, 6.07) is 11.9. The molecule has 4 heterocycles. The number of piperidine rings is 1. The van der Waals surface area contributed by atoms with Crippen molar-refractivity contribution in [3.8, 4) is 5.69 Å². The number of hydrogen-bond donors (Lipinski definition) is 2. The average Bonchev–Trinajstić information content (AvgIpc) is 3.54. The number of amides is 2. The number of anilines is 1. The molecule has 6 rings (SSSR count). The smallest absolute Gasteiger partial charge is 0.407 e. The summed E-state index contributed by atoms with van der Waals surface area (Å²) in [5.41, 5.74) is 3.65. The molecule has 2 unspecified atom stereocenters. The van der Waals surface area contributed by atoms with E-state index in [4.69, 9.17) is 5.10 Å². The van der Waals surface area contributed by atoms with Crippen LogP contribution in [-0.4, -0.2) is 59.0 Å². The standard InChI is InChI=1S/C29H33N7O3/c1-29(2,3)24-15-20(11-14-34(24)28(38)39)23-16-25(32-27(37)22-17-31-35-13-4-12-30-26(22)35)36(33-23)21-9-7-19(8-10-21)18-5-6-18/h4,7-10,12-13,16-18,20,24H,5-6,11,14-15H2,1-3H3,(H,32,37)(H,38,39). The summed E-state index contributed by atoms with van der Waals surface area (Å²) in [6.45, 7) is 6.67. The van der Waals surface area contributed by atoms with E-state index >= 15 is 0 Å². The maximum atomic E-state index is 13.4. The van der Waals surface area contributed by atoms with Crippen LogP contribution in [0.2, 0.25) is 0 Å². The normalized spacial score (nSPS) is 19.8. The molecule has 2 amide bonds. The van der Waals surface area contributed by atoms with Gasteiger partial charge in [0, 0.05) is 37.0 Å². The number of hydrogen-bond acceptors (Lipinski definition) is 5. The van der Waals surface area contributed by atoms with Crippen molar-refractivity contribution in [3.05, 3.63) is 71.8 Å². The SMILES string of the molecule is CC(C)(C)C1CC(c2cc(NC(=O)c3cnn4cccnc34)n(-c3ccc(C4CC4)cc3)n2)CCN1C(=O)O. The highest BCUT2D eigenvalue weighted by atomic mass is 16.4. The largest absolute Gasteiger partial charge is 0.465 e. The van der Waals surface area contributed by atoms with E-state index in [-0.39, 0.29) is 23.3 Å². The number of benzene rings is 1. The molecule has 10 heteroatoms. The second-order valence-electron chi connectivity index (χ2n) is 11.7. The van der Waals surface area contributed by atoms with Crippen LogP contribution in [0.5, 0.6) is 0 Å². The van der Waals surface area contributed by atoms with Crippen molar-refractivity contribution in [1.82, 2.24) is 29.3 Å². The molecule has 2 atom stereocenters.